The summed E-state index contributed by atoms with van der Waals surface area (Å²) < 4.78 is 5.21. The number of imide groups is 1. The molecule has 1 fully saturated rings. The van der Waals surface area contributed by atoms with Gasteiger partial charge in [-0.25, -0.2) is 4.79 Å². The molecular weight excluding hydrogens is 342 g/mol. The monoisotopic (exact) mass is 367 g/mol. The Hall–Kier alpha value is -2.95. The van der Waals surface area contributed by atoms with Gasteiger partial charge in [0.15, 0.2) is 0 Å². The Labute approximate surface area is 159 Å². The summed E-state index contributed by atoms with van der Waals surface area (Å²) in [6.07, 6.45) is 8.83. The van der Waals surface area contributed by atoms with E-state index >= 15 is 0 Å². The van der Waals surface area contributed by atoms with Gasteiger partial charge in [0.05, 0.1) is 5.57 Å². The third kappa shape index (κ3) is 5.78. The van der Waals surface area contributed by atoms with Gasteiger partial charge < -0.3 is 4.74 Å². The van der Waals surface area contributed by atoms with Gasteiger partial charge in [-0.1, -0.05) is 49.9 Å². The summed E-state index contributed by atoms with van der Waals surface area (Å²) >= 11 is 0. The first-order chi connectivity index (χ1) is 12.9. The summed E-state index contributed by atoms with van der Waals surface area (Å²) in [7, 11) is 0. The second kappa shape index (κ2) is 9.67. The summed E-state index contributed by atoms with van der Waals surface area (Å²) in [6, 6.07) is 7.31. The fourth-order valence-corrected chi connectivity index (χ4v) is 2.97. The highest BCUT2D eigenvalue weighted by atomic mass is 16.5. The van der Waals surface area contributed by atoms with Gasteiger partial charge in [-0.05, 0) is 43.7 Å². The molecule has 0 unspecified atom stereocenters. The Balaban J connectivity index is 0.000000199. The molecule has 5 heteroatoms. The van der Waals surface area contributed by atoms with Crippen molar-refractivity contribution in [3.8, 4) is 0 Å². The minimum Gasteiger partial charge on any atom is -0.459 e. The molecule has 5 nitrogen and oxygen atoms in total. The topological polar surface area (TPSA) is 72.5 Å². The van der Waals surface area contributed by atoms with Crippen LogP contribution in [0, 0.1) is 0 Å². The molecule has 0 radical (unpaired) electrons. The maximum atomic E-state index is 11.4. The lowest BCUT2D eigenvalue weighted by molar-refractivity contribution is -0.145. The molecule has 27 heavy (non-hydrogen) atoms. The van der Waals surface area contributed by atoms with E-state index in [0.717, 1.165) is 24.0 Å². The maximum Gasteiger partial charge on any atom is 0.333 e. The number of rotatable bonds is 4. The van der Waals surface area contributed by atoms with E-state index in [9.17, 15) is 14.4 Å². The Bertz CT molecular complexity index is 785. The molecule has 3 rings (SSSR count). The second-order valence-electron chi connectivity index (χ2n) is 6.61. The van der Waals surface area contributed by atoms with Crippen molar-refractivity contribution in [1.82, 2.24) is 5.32 Å². The molecule has 2 amide bonds. The molecule has 0 atom stereocenters. The number of amides is 2. The quantitative estimate of drug-likeness (QED) is 0.499. The summed E-state index contributed by atoms with van der Waals surface area (Å²) in [4.78, 5) is 33.5. The molecule has 1 aliphatic heterocycles. The molecular formula is C22H25NO4. The molecule has 0 saturated heterocycles. The van der Waals surface area contributed by atoms with Crippen LogP contribution in [0.4, 0.5) is 0 Å². The van der Waals surface area contributed by atoms with Crippen LogP contribution in [0.25, 0.3) is 11.6 Å². The average molecular weight is 367 g/mol. The van der Waals surface area contributed by atoms with Gasteiger partial charge in [-0.15, -0.1) is 0 Å². The van der Waals surface area contributed by atoms with E-state index in [0.29, 0.717) is 11.1 Å². The van der Waals surface area contributed by atoms with Crippen LogP contribution < -0.4 is 5.32 Å². The first kappa shape index (κ1) is 20.4. The van der Waals surface area contributed by atoms with E-state index in [1.807, 2.05) is 18.2 Å². The zero-order valence-electron chi connectivity index (χ0n) is 15.6. The minimum absolute atomic E-state index is 0.156. The highest BCUT2D eigenvalue weighted by molar-refractivity contribution is 6.33. The molecule has 1 aromatic rings. The van der Waals surface area contributed by atoms with Gasteiger partial charge in [-0.3, -0.25) is 14.9 Å². The smallest absolute Gasteiger partial charge is 0.333 e. The zero-order chi connectivity index (χ0) is 19.8. The van der Waals surface area contributed by atoms with Crippen LogP contribution in [0.3, 0.4) is 0 Å². The van der Waals surface area contributed by atoms with Crippen molar-refractivity contribution in [3.05, 3.63) is 60.2 Å². The molecule has 1 N–H and O–H groups in total. The van der Waals surface area contributed by atoms with Gasteiger partial charge in [0.2, 0.25) is 0 Å². The van der Waals surface area contributed by atoms with Crippen molar-refractivity contribution < 1.29 is 19.1 Å². The number of benzene rings is 1. The number of hydrogen-bond acceptors (Lipinski definition) is 4. The summed E-state index contributed by atoms with van der Waals surface area (Å²) in [6.45, 7) is 8.89. The van der Waals surface area contributed by atoms with Crippen LogP contribution >= 0.6 is 0 Å². The molecule has 1 aliphatic carbocycles. The molecule has 2 aliphatic rings. The van der Waals surface area contributed by atoms with Gasteiger partial charge in [0, 0.05) is 11.6 Å². The summed E-state index contributed by atoms with van der Waals surface area (Å²) in [5, 5.41) is 2.21. The fraction of sp³-hybridized carbons (Fsp3) is 0.318. The largest absolute Gasteiger partial charge is 0.459 e. The van der Waals surface area contributed by atoms with Crippen LogP contribution in [0.15, 0.2) is 49.1 Å². The summed E-state index contributed by atoms with van der Waals surface area (Å²) in [5.74, 6) is -0.954. The molecule has 0 bridgehead atoms. The standard InChI is InChI=1S/C12H9NO2.C10H16O2/c1-2-8-5-3-4-6-9(8)10-7-11(14)13-12(10)15;1-8(2)10(11)12-9-6-4-3-5-7-9/h2-7H,1H2,(H,13,14,15);9H,1,3-7H2,2H3. The third-order valence-corrected chi connectivity index (χ3v) is 4.40. The minimum atomic E-state index is -0.367. The van der Waals surface area contributed by atoms with Crippen LogP contribution in [-0.4, -0.2) is 23.9 Å². The summed E-state index contributed by atoms with van der Waals surface area (Å²) in [5.41, 5.74) is 2.47. The lowest BCUT2D eigenvalue weighted by Crippen LogP contribution is -2.21. The lowest BCUT2D eigenvalue weighted by Gasteiger charge is -2.21. The maximum absolute atomic E-state index is 11.4. The van der Waals surface area contributed by atoms with Crippen molar-refractivity contribution in [3.63, 3.8) is 0 Å². The number of carbonyl (C=O) groups excluding carboxylic acids is 3. The second-order valence-corrected chi connectivity index (χ2v) is 6.61. The van der Waals surface area contributed by atoms with Crippen molar-refractivity contribution in [2.45, 2.75) is 45.1 Å². The average Bonchev–Trinajstić information content (AvgIpc) is 3.01. The lowest BCUT2D eigenvalue weighted by atomic mass is 9.98. The highest BCUT2D eigenvalue weighted by Gasteiger charge is 2.23. The van der Waals surface area contributed by atoms with E-state index in [2.05, 4.69) is 18.5 Å². The van der Waals surface area contributed by atoms with E-state index in [1.54, 1.807) is 19.1 Å². The van der Waals surface area contributed by atoms with Crippen LogP contribution in [0.2, 0.25) is 0 Å². The predicted octanol–water partition coefficient (Wildman–Crippen LogP) is 3.81. The van der Waals surface area contributed by atoms with Crippen LogP contribution in [0.5, 0.6) is 0 Å². The Kier molecular flexibility index (Phi) is 7.29. The van der Waals surface area contributed by atoms with Gasteiger partial charge in [0.1, 0.15) is 6.10 Å². The van der Waals surface area contributed by atoms with Crippen LogP contribution in [0.1, 0.15) is 50.2 Å². The number of nitrogens with one attached hydrogen (secondary N) is 1. The van der Waals surface area contributed by atoms with E-state index in [1.165, 1.54) is 25.3 Å². The number of esters is 1. The van der Waals surface area contributed by atoms with Crippen molar-refractivity contribution in [2.75, 3.05) is 0 Å². The predicted molar refractivity (Wildman–Crippen MR) is 105 cm³/mol. The Morgan fingerprint density at radius 1 is 1.19 bits per heavy atom. The van der Waals surface area contributed by atoms with Gasteiger partial charge in [-0.2, -0.15) is 0 Å². The molecule has 1 saturated carbocycles. The van der Waals surface area contributed by atoms with Gasteiger partial charge >= 0.3 is 5.97 Å². The van der Waals surface area contributed by atoms with Gasteiger partial charge in [0.25, 0.3) is 11.8 Å². The fourth-order valence-electron chi connectivity index (χ4n) is 2.97. The number of ether oxygens (including phenoxy) is 1. The number of carbonyl (C=O) groups is 3. The zero-order valence-corrected chi connectivity index (χ0v) is 15.6. The first-order valence-electron chi connectivity index (χ1n) is 9.07. The van der Waals surface area contributed by atoms with Crippen molar-refractivity contribution in [1.29, 1.82) is 0 Å². The normalized spacial score (nSPS) is 16.6. The van der Waals surface area contributed by atoms with Crippen LogP contribution in [-0.2, 0) is 19.1 Å². The Morgan fingerprint density at radius 2 is 1.85 bits per heavy atom. The Morgan fingerprint density at radius 3 is 2.41 bits per heavy atom. The highest BCUT2D eigenvalue weighted by Crippen LogP contribution is 2.23. The molecule has 1 heterocycles. The van der Waals surface area contributed by atoms with Crippen molar-refractivity contribution in [2.24, 2.45) is 0 Å². The molecule has 0 aromatic heterocycles. The first-order valence-corrected chi connectivity index (χ1v) is 9.07. The van der Waals surface area contributed by atoms with E-state index in [4.69, 9.17) is 4.74 Å². The van der Waals surface area contributed by atoms with Crippen molar-refractivity contribution >= 4 is 29.4 Å². The molecule has 142 valence electrons. The number of hydrogen-bond donors (Lipinski definition) is 1. The third-order valence-electron chi connectivity index (χ3n) is 4.40. The van der Waals surface area contributed by atoms with E-state index in [-0.39, 0.29) is 23.9 Å². The SMILES string of the molecule is C=C(C)C(=O)OC1CCCCC1.C=Cc1ccccc1C1=CC(=O)NC1=O. The molecule has 1 aromatic carbocycles. The van der Waals surface area contributed by atoms with E-state index < -0.39 is 0 Å². The molecule has 0 spiro atoms.